The van der Waals surface area contributed by atoms with Crippen molar-refractivity contribution in [3.05, 3.63) is 0 Å². The molecule has 1 aliphatic rings. The highest BCUT2D eigenvalue weighted by Crippen LogP contribution is 2.21. The number of hydrogen-bond acceptors (Lipinski definition) is 4. The van der Waals surface area contributed by atoms with Gasteiger partial charge in [-0.15, -0.1) is 0 Å². The third-order valence-electron chi connectivity index (χ3n) is 3.34. The van der Waals surface area contributed by atoms with E-state index in [1.54, 1.807) is 4.90 Å². The maximum atomic E-state index is 12.1. The predicted octanol–water partition coefficient (Wildman–Crippen LogP) is 0.172. The van der Waals surface area contributed by atoms with Crippen molar-refractivity contribution in [2.75, 3.05) is 19.3 Å². The minimum absolute atomic E-state index is 0.0365. The summed E-state index contributed by atoms with van der Waals surface area (Å²) in [4.78, 5) is 24.4. The lowest BCUT2D eigenvalue weighted by molar-refractivity contribution is -0.140. The normalized spacial score (nSPS) is 19.9. The molecule has 0 bridgehead atoms. The van der Waals surface area contributed by atoms with Crippen LogP contribution in [0.5, 0.6) is 0 Å². The highest BCUT2D eigenvalue weighted by molar-refractivity contribution is 7.88. The van der Waals surface area contributed by atoms with E-state index in [4.69, 9.17) is 5.11 Å². The Morgan fingerprint density at radius 1 is 1.30 bits per heavy atom. The molecular formula is C12H22N2O5S. The van der Waals surface area contributed by atoms with Crippen molar-refractivity contribution in [1.29, 1.82) is 0 Å². The third-order valence-corrected chi connectivity index (χ3v) is 4.07. The first-order valence-electron chi connectivity index (χ1n) is 6.75. The number of piperidine rings is 1. The van der Waals surface area contributed by atoms with Crippen molar-refractivity contribution in [2.24, 2.45) is 0 Å². The minimum atomic E-state index is -3.28. The lowest BCUT2D eigenvalue weighted by Gasteiger charge is -2.35. The van der Waals surface area contributed by atoms with Crippen LogP contribution in [0.25, 0.3) is 0 Å². The van der Waals surface area contributed by atoms with Gasteiger partial charge in [0, 0.05) is 32.0 Å². The smallest absolute Gasteiger partial charge is 0.303 e. The second-order valence-corrected chi connectivity index (χ2v) is 6.92. The largest absolute Gasteiger partial charge is 0.481 e. The number of carboxylic acid groups (broad SMARTS) is 1. The molecule has 0 spiro atoms. The molecule has 116 valence electrons. The molecule has 1 amide bonds. The Kier molecular flexibility index (Phi) is 6.41. The molecule has 7 nitrogen and oxygen atoms in total. The monoisotopic (exact) mass is 306 g/mol. The molecule has 0 aromatic carbocycles. The number of nitrogens with one attached hydrogen (secondary N) is 1. The molecule has 1 heterocycles. The SMILES string of the molecule is CS(=O)(=O)NCCC(=O)N1CCCCC1CCC(=O)O. The molecular weight excluding hydrogens is 284 g/mol. The van der Waals surface area contributed by atoms with E-state index in [2.05, 4.69) is 4.72 Å². The van der Waals surface area contributed by atoms with Crippen molar-refractivity contribution in [3.63, 3.8) is 0 Å². The van der Waals surface area contributed by atoms with E-state index in [0.29, 0.717) is 13.0 Å². The van der Waals surface area contributed by atoms with Crippen molar-refractivity contribution >= 4 is 21.9 Å². The summed E-state index contributed by atoms with van der Waals surface area (Å²) in [7, 11) is -3.28. The van der Waals surface area contributed by atoms with E-state index < -0.39 is 16.0 Å². The van der Waals surface area contributed by atoms with Crippen LogP contribution in [0.15, 0.2) is 0 Å². The fourth-order valence-electron chi connectivity index (χ4n) is 2.41. The molecule has 0 radical (unpaired) electrons. The van der Waals surface area contributed by atoms with Crippen molar-refractivity contribution in [3.8, 4) is 0 Å². The van der Waals surface area contributed by atoms with Crippen LogP contribution in [0.4, 0.5) is 0 Å². The van der Waals surface area contributed by atoms with Gasteiger partial charge in [0.05, 0.1) is 6.26 Å². The lowest BCUT2D eigenvalue weighted by atomic mass is 9.97. The fraction of sp³-hybridized carbons (Fsp3) is 0.833. The number of likely N-dealkylation sites (tertiary alicyclic amines) is 1. The Morgan fingerprint density at radius 2 is 2.00 bits per heavy atom. The number of aliphatic carboxylic acids is 1. The van der Waals surface area contributed by atoms with E-state index in [1.807, 2.05) is 0 Å². The highest BCUT2D eigenvalue weighted by Gasteiger charge is 2.26. The molecule has 8 heteroatoms. The zero-order chi connectivity index (χ0) is 15.2. The van der Waals surface area contributed by atoms with Crippen LogP contribution in [-0.2, 0) is 19.6 Å². The summed E-state index contributed by atoms with van der Waals surface area (Å²) in [5, 5.41) is 8.72. The molecule has 1 saturated heterocycles. The number of carboxylic acids is 1. The van der Waals surface area contributed by atoms with E-state index in [9.17, 15) is 18.0 Å². The molecule has 2 N–H and O–H groups in total. The number of amides is 1. The summed E-state index contributed by atoms with van der Waals surface area (Å²) >= 11 is 0. The van der Waals surface area contributed by atoms with Gasteiger partial charge in [-0.05, 0) is 25.7 Å². The number of sulfonamides is 1. The van der Waals surface area contributed by atoms with Gasteiger partial charge in [0.25, 0.3) is 0 Å². The first-order valence-corrected chi connectivity index (χ1v) is 8.64. The average Bonchev–Trinajstić information content (AvgIpc) is 2.35. The van der Waals surface area contributed by atoms with Gasteiger partial charge in [0.15, 0.2) is 0 Å². The fourth-order valence-corrected chi connectivity index (χ4v) is 2.88. The van der Waals surface area contributed by atoms with Gasteiger partial charge in [-0.1, -0.05) is 0 Å². The summed E-state index contributed by atoms with van der Waals surface area (Å²) in [5.41, 5.74) is 0. The maximum absolute atomic E-state index is 12.1. The second kappa shape index (κ2) is 7.58. The van der Waals surface area contributed by atoms with Crippen LogP contribution in [0, 0.1) is 0 Å². The zero-order valence-corrected chi connectivity index (χ0v) is 12.5. The van der Waals surface area contributed by atoms with Crippen LogP contribution < -0.4 is 4.72 Å². The van der Waals surface area contributed by atoms with Gasteiger partial charge >= 0.3 is 5.97 Å². The van der Waals surface area contributed by atoms with Crippen LogP contribution in [0.2, 0.25) is 0 Å². The van der Waals surface area contributed by atoms with Gasteiger partial charge < -0.3 is 10.0 Å². The van der Waals surface area contributed by atoms with Gasteiger partial charge in [0.1, 0.15) is 0 Å². The number of carbonyl (C=O) groups is 2. The quantitative estimate of drug-likeness (QED) is 0.698. The molecule has 0 aromatic heterocycles. The standard InChI is InChI=1S/C12H22N2O5S/c1-20(18,19)13-8-7-11(15)14-9-3-2-4-10(14)5-6-12(16)17/h10,13H,2-9H2,1H3,(H,16,17). The molecule has 1 unspecified atom stereocenters. The Hall–Kier alpha value is -1.15. The Bertz CT molecular complexity index is 449. The summed E-state index contributed by atoms with van der Waals surface area (Å²) < 4.78 is 24.1. The van der Waals surface area contributed by atoms with Crippen molar-refractivity contribution in [2.45, 2.75) is 44.6 Å². The number of hydrogen-bond donors (Lipinski definition) is 2. The topological polar surface area (TPSA) is 104 Å². The average molecular weight is 306 g/mol. The molecule has 0 aliphatic carbocycles. The first kappa shape index (κ1) is 16.9. The van der Waals surface area contributed by atoms with Gasteiger partial charge in [-0.3, -0.25) is 9.59 Å². The van der Waals surface area contributed by atoms with Crippen LogP contribution in [0.3, 0.4) is 0 Å². The second-order valence-electron chi connectivity index (χ2n) is 5.09. The summed E-state index contributed by atoms with van der Waals surface area (Å²) in [6.07, 6.45) is 4.39. The van der Waals surface area contributed by atoms with E-state index >= 15 is 0 Å². The Balaban J connectivity index is 2.47. The zero-order valence-electron chi connectivity index (χ0n) is 11.7. The summed E-state index contributed by atoms with van der Waals surface area (Å²) in [6, 6.07) is -0.0365. The Labute approximate surface area is 119 Å². The highest BCUT2D eigenvalue weighted by atomic mass is 32.2. The predicted molar refractivity (Wildman–Crippen MR) is 73.7 cm³/mol. The van der Waals surface area contributed by atoms with Crippen molar-refractivity contribution < 1.29 is 23.1 Å². The molecule has 1 fully saturated rings. The Morgan fingerprint density at radius 3 is 2.60 bits per heavy atom. The minimum Gasteiger partial charge on any atom is -0.481 e. The maximum Gasteiger partial charge on any atom is 0.303 e. The van der Waals surface area contributed by atoms with E-state index in [0.717, 1.165) is 25.5 Å². The molecule has 20 heavy (non-hydrogen) atoms. The number of nitrogens with zero attached hydrogens (tertiary/aromatic N) is 1. The molecule has 1 rings (SSSR count). The van der Waals surface area contributed by atoms with Crippen LogP contribution in [-0.4, -0.2) is 55.7 Å². The first-order chi connectivity index (χ1) is 9.29. The van der Waals surface area contributed by atoms with Crippen LogP contribution >= 0.6 is 0 Å². The summed E-state index contributed by atoms with van der Waals surface area (Å²) in [6.45, 7) is 0.710. The van der Waals surface area contributed by atoms with E-state index in [-0.39, 0.29) is 31.3 Å². The molecule has 1 aliphatic heterocycles. The molecule has 0 aromatic rings. The summed E-state index contributed by atoms with van der Waals surface area (Å²) in [5.74, 6) is -0.974. The van der Waals surface area contributed by atoms with Crippen molar-refractivity contribution in [1.82, 2.24) is 9.62 Å². The van der Waals surface area contributed by atoms with Gasteiger partial charge in [-0.2, -0.15) is 0 Å². The van der Waals surface area contributed by atoms with Crippen LogP contribution in [0.1, 0.15) is 38.5 Å². The molecule has 1 atom stereocenters. The third kappa shape index (κ3) is 6.33. The number of rotatable bonds is 7. The van der Waals surface area contributed by atoms with Gasteiger partial charge in [-0.25, -0.2) is 13.1 Å². The number of carbonyl (C=O) groups excluding carboxylic acids is 1. The van der Waals surface area contributed by atoms with Gasteiger partial charge in [0.2, 0.25) is 15.9 Å². The molecule has 0 saturated carbocycles. The lowest BCUT2D eigenvalue weighted by Crippen LogP contribution is -2.44. The van der Waals surface area contributed by atoms with E-state index in [1.165, 1.54) is 0 Å².